The third-order valence-electron chi connectivity index (χ3n) is 3.10. The van der Waals surface area contributed by atoms with Crippen LogP contribution in [0.4, 0.5) is 0 Å². The number of likely N-dealkylation sites (tertiary alicyclic amines) is 1. The number of nitrogens with zero attached hydrogens (tertiary/aromatic N) is 2. The number of benzene rings is 1. The zero-order chi connectivity index (χ0) is 13.9. The van der Waals surface area contributed by atoms with Crippen molar-refractivity contribution in [2.75, 3.05) is 13.1 Å². The summed E-state index contributed by atoms with van der Waals surface area (Å²) >= 11 is 0. The van der Waals surface area contributed by atoms with E-state index in [1.165, 1.54) is 6.20 Å². The van der Waals surface area contributed by atoms with Crippen molar-refractivity contribution in [3.63, 3.8) is 0 Å². The second-order valence-electron chi connectivity index (χ2n) is 4.66. The highest BCUT2D eigenvalue weighted by molar-refractivity contribution is 5.94. The fourth-order valence-electron chi connectivity index (χ4n) is 1.98. The molecule has 1 N–H and O–H groups in total. The van der Waals surface area contributed by atoms with Crippen LogP contribution < -0.4 is 4.74 Å². The van der Waals surface area contributed by atoms with Gasteiger partial charge < -0.3 is 14.7 Å². The monoisotopic (exact) mass is 270 g/mol. The molecule has 0 atom stereocenters. The van der Waals surface area contributed by atoms with Crippen molar-refractivity contribution in [2.24, 2.45) is 0 Å². The van der Waals surface area contributed by atoms with Crippen molar-refractivity contribution >= 4 is 5.91 Å². The maximum absolute atomic E-state index is 12.0. The number of pyridine rings is 1. The van der Waals surface area contributed by atoms with Crippen LogP contribution in [0.5, 0.6) is 11.6 Å². The highest BCUT2D eigenvalue weighted by Crippen LogP contribution is 2.19. The van der Waals surface area contributed by atoms with Crippen LogP contribution in [0.25, 0.3) is 0 Å². The summed E-state index contributed by atoms with van der Waals surface area (Å²) in [6, 6.07) is 12.7. The Bertz CT molecular complexity index is 592. The number of aliphatic hydroxyl groups is 1. The second kappa shape index (κ2) is 5.30. The Morgan fingerprint density at radius 2 is 1.95 bits per heavy atom. The van der Waals surface area contributed by atoms with Gasteiger partial charge in [0.1, 0.15) is 5.75 Å². The fourth-order valence-corrected chi connectivity index (χ4v) is 1.98. The normalized spacial score (nSPS) is 14.8. The highest BCUT2D eigenvalue weighted by atomic mass is 16.5. The van der Waals surface area contributed by atoms with Crippen LogP contribution in [0.1, 0.15) is 10.4 Å². The Labute approximate surface area is 116 Å². The minimum atomic E-state index is -0.396. The van der Waals surface area contributed by atoms with Crippen molar-refractivity contribution in [2.45, 2.75) is 6.10 Å². The first kappa shape index (κ1) is 12.6. The summed E-state index contributed by atoms with van der Waals surface area (Å²) in [7, 11) is 0. The average molecular weight is 270 g/mol. The number of ether oxygens (including phenoxy) is 1. The molecule has 3 rings (SSSR count). The van der Waals surface area contributed by atoms with Crippen LogP contribution in [0.15, 0.2) is 48.7 Å². The van der Waals surface area contributed by atoms with E-state index in [0.29, 0.717) is 30.3 Å². The highest BCUT2D eigenvalue weighted by Gasteiger charge is 2.29. The van der Waals surface area contributed by atoms with Gasteiger partial charge in [-0.1, -0.05) is 18.2 Å². The lowest BCUT2D eigenvalue weighted by molar-refractivity contribution is 0.00586. The number of aromatic nitrogens is 1. The Morgan fingerprint density at radius 1 is 1.20 bits per heavy atom. The molecule has 2 aromatic rings. The molecule has 1 amide bonds. The molecule has 5 nitrogen and oxygen atoms in total. The molecular weight excluding hydrogens is 256 g/mol. The first-order chi connectivity index (χ1) is 9.72. The van der Waals surface area contributed by atoms with Gasteiger partial charge in [-0.05, 0) is 18.2 Å². The van der Waals surface area contributed by atoms with E-state index >= 15 is 0 Å². The third-order valence-corrected chi connectivity index (χ3v) is 3.10. The molecule has 1 aromatic heterocycles. The number of carbonyl (C=O) groups excluding carboxylic acids is 1. The summed E-state index contributed by atoms with van der Waals surface area (Å²) in [6.45, 7) is 0.780. The van der Waals surface area contributed by atoms with Crippen LogP contribution >= 0.6 is 0 Å². The van der Waals surface area contributed by atoms with Gasteiger partial charge in [-0.3, -0.25) is 4.79 Å². The molecule has 0 unspecified atom stereocenters. The molecule has 0 spiro atoms. The fraction of sp³-hybridized carbons (Fsp3) is 0.200. The minimum Gasteiger partial charge on any atom is -0.439 e. The molecule has 102 valence electrons. The number of hydrogen-bond donors (Lipinski definition) is 1. The minimum absolute atomic E-state index is 0.117. The maximum atomic E-state index is 12.0. The van der Waals surface area contributed by atoms with E-state index in [4.69, 9.17) is 4.74 Å². The van der Waals surface area contributed by atoms with Gasteiger partial charge in [0.15, 0.2) is 0 Å². The van der Waals surface area contributed by atoms with Gasteiger partial charge >= 0.3 is 0 Å². The predicted molar refractivity (Wildman–Crippen MR) is 72.7 cm³/mol. The number of amides is 1. The molecule has 1 aromatic carbocycles. The summed E-state index contributed by atoms with van der Waals surface area (Å²) in [5.41, 5.74) is 0.498. The van der Waals surface area contributed by atoms with Gasteiger partial charge in [-0.25, -0.2) is 4.98 Å². The van der Waals surface area contributed by atoms with Crippen LogP contribution in [0.3, 0.4) is 0 Å². The van der Waals surface area contributed by atoms with E-state index in [-0.39, 0.29) is 5.91 Å². The first-order valence-electron chi connectivity index (χ1n) is 6.38. The molecule has 0 bridgehead atoms. The van der Waals surface area contributed by atoms with E-state index in [1.54, 1.807) is 17.0 Å². The van der Waals surface area contributed by atoms with Gasteiger partial charge in [0.05, 0.1) is 11.7 Å². The summed E-state index contributed by atoms with van der Waals surface area (Å²) in [6.07, 6.45) is 1.10. The first-order valence-corrected chi connectivity index (χ1v) is 6.38. The van der Waals surface area contributed by atoms with E-state index < -0.39 is 6.10 Å². The van der Waals surface area contributed by atoms with Gasteiger partial charge in [0.2, 0.25) is 5.88 Å². The number of hydrogen-bond acceptors (Lipinski definition) is 4. The molecule has 1 aliphatic rings. The molecule has 0 radical (unpaired) electrons. The van der Waals surface area contributed by atoms with Gasteiger partial charge in [-0.15, -0.1) is 0 Å². The van der Waals surface area contributed by atoms with E-state index in [9.17, 15) is 9.90 Å². The third kappa shape index (κ3) is 2.62. The van der Waals surface area contributed by atoms with E-state index in [1.807, 2.05) is 30.3 Å². The topological polar surface area (TPSA) is 62.7 Å². The van der Waals surface area contributed by atoms with E-state index in [0.717, 1.165) is 0 Å². The molecular formula is C15H14N2O3. The molecule has 20 heavy (non-hydrogen) atoms. The summed E-state index contributed by atoms with van der Waals surface area (Å²) in [5.74, 6) is 1.02. The smallest absolute Gasteiger partial charge is 0.255 e. The molecule has 2 heterocycles. The van der Waals surface area contributed by atoms with Crippen LogP contribution in [-0.2, 0) is 0 Å². The van der Waals surface area contributed by atoms with Gasteiger partial charge in [0.25, 0.3) is 5.91 Å². The number of aliphatic hydroxyl groups excluding tert-OH is 1. The lowest BCUT2D eigenvalue weighted by atomic mass is 10.1. The number of rotatable bonds is 3. The molecule has 0 aliphatic carbocycles. The molecule has 1 aliphatic heterocycles. The largest absolute Gasteiger partial charge is 0.439 e. The molecule has 1 saturated heterocycles. The Balaban J connectivity index is 1.67. The SMILES string of the molecule is O=C(c1ccc(Oc2ccccc2)nc1)N1CC(O)C1. The zero-order valence-corrected chi connectivity index (χ0v) is 10.8. The summed E-state index contributed by atoms with van der Waals surface area (Å²) < 4.78 is 5.55. The zero-order valence-electron chi connectivity index (χ0n) is 10.8. The Kier molecular flexibility index (Phi) is 3.35. The maximum Gasteiger partial charge on any atom is 0.255 e. The van der Waals surface area contributed by atoms with Crippen LogP contribution in [-0.4, -0.2) is 40.1 Å². The van der Waals surface area contributed by atoms with Crippen molar-refractivity contribution in [1.82, 2.24) is 9.88 Å². The van der Waals surface area contributed by atoms with E-state index in [2.05, 4.69) is 4.98 Å². The standard InChI is InChI=1S/C15H14N2O3/c18-12-9-17(10-12)15(19)11-6-7-14(16-8-11)20-13-4-2-1-3-5-13/h1-8,12,18H,9-10H2. The van der Waals surface area contributed by atoms with Crippen molar-refractivity contribution < 1.29 is 14.6 Å². The quantitative estimate of drug-likeness (QED) is 0.922. The van der Waals surface area contributed by atoms with Crippen molar-refractivity contribution in [1.29, 1.82) is 0 Å². The molecule has 0 saturated carbocycles. The lowest BCUT2D eigenvalue weighted by Gasteiger charge is -2.35. The van der Waals surface area contributed by atoms with Crippen LogP contribution in [0, 0.1) is 0 Å². The summed E-state index contributed by atoms with van der Waals surface area (Å²) in [5, 5.41) is 9.19. The predicted octanol–water partition coefficient (Wildman–Crippen LogP) is 1.69. The van der Waals surface area contributed by atoms with Crippen molar-refractivity contribution in [3.05, 3.63) is 54.2 Å². The second-order valence-corrected chi connectivity index (χ2v) is 4.66. The van der Waals surface area contributed by atoms with Gasteiger partial charge in [0, 0.05) is 25.4 Å². The Hall–Kier alpha value is -2.40. The molecule has 5 heteroatoms. The number of carbonyl (C=O) groups is 1. The van der Waals surface area contributed by atoms with Crippen LogP contribution in [0.2, 0.25) is 0 Å². The van der Waals surface area contributed by atoms with Gasteiger partial charge in [-0.2, -0.15) is 0 Å². The summed E-state index contributed by atoms with van der Waals surface area (Å²) in [4.78, 5) is 17.7. The van der Waals surface area contributed by atoms with Crippen molar-refractivity contribution in [3.8, 4) is 11.6 Å². The Morgan fingerprint density at radius 3 is 2.55 bits per heavy atom. The molecule has 1 fully saturated rings. The number of para-hydroxylation sites is 1. The lowest BCUT2D eigenvalue weighted by Crippen LogP contribution is -2.53. The number of β-amino-alcohol motifs (C(OH)–C–C–N with tert-alkyl or cyclic N) is 1. The average Bonchev–Trinajstić information content (AvgIpc) is 2.45.